The molecule has 4 aromatic carbocycles. The Bertz CT molecular complexity index is 3090. The van der Waals surface area contributed by atoms with Crippen molar-refractivity contribution in [1.82, 2.24) is 26.2 Å². The molecule has 6 N–H and O–H groups in total. The largest absolute Gasteiger partial charge is 0.461 e. The highest BCUT2D eigenvalue weighted by Gasteiger charge is 2.42. The SMILES string of the molecule is CN[C@H](C(=O)N[C@H](C(=O)N(C)[C@H](C=C(C)C)C(C)C)C(C)(C)C)C(C)(C)c1cccc(CC(=O)OCc2ccc(CC(=O)[C@H](CCCNC(N)=O)NC(=O)[C@@H](CC(=O)CCC(=O)N3Cc4ccccc4C#Cc4ccccc43)C(C)C)cc2)c1. The number of nitrogens with zero attached hydrogens (tertiary/aromatic N) is 2. The van der Waals surface area contributed by atoms with Gasteiger partial charge in [0.05, 0.1) is 36.8 Å². The van der Waals surface area contributed by atoms with Crippen molar-refractivity contribution in [3.63, 3.8) is 0 Å². The first-order valence-corrected chi connectivity index (χ1v) is 29.2. The van der Waals surface area contributed by atoms with E-state index < -0.39 is 52.8 Å². The van der Waals surface area contributed by atoms with E-state index >= 15 is 0 Å². The Morgan fingerprint density at radius 3 is 2.01 bits per heavy atom. The zero-order valence-electron chi connectivity index (χ0n) is 51.6. The lowest BCUT2D eigenvalue weighted by Gasteiger charge is -2.40. The molecule has 0 fully saturated rings. The molecule has 0 bridgehead atoms. The molecular weight excluding hydrogens is 1060 g/mol. The number of Topliss-reactive ketones (excluding diaryl/α,β-unsaturated/α-hetero) is 2. The first-order valence-electron chi connectivity index (χ1n) is 29.2. The van der Waals surface area contributed by atoms with Gasteiger partial charge in [-0.3, -0.25) is 33.6 Å². The van der Waals surface area contributed by atoms with E-state index in [0.29, 0.717) is 34.4 Å². The Morgan fingerprint density at radius 1 is 0.738 bits per heavy atom. The predicted octanol–water partition coefficient (Wildman–Crippen LogP) is 8.82. The number of nitrogens with two attached hydrogens (primary N) is 1. The lowest BCUT2D eigenvalue weighted by atomic mass is 9.76. The molecule has 5 atom stereocenters. The molecule has 0 radical (unpaired) electrons. The topological polar surface area (TPSA) is 226 Å². The summed E-state index contributed by atoms with van der Waals surface area (Å²) >= 11 is 0. The molecule has 16 nitrogen and oxygen atoms in total. The predicted molar refractivity (Wildman–Crippen MR) is 329 cm³/mol. The van der Waals surface area contributed by atoms with Gasteiger partial charge in [-0.2, -0.15) is 0 Å². The Kier molecular flexibility index (Phi) is 24.4. The number of ether oxygens (including phenoxy) is 1. The average molecular weight is 1150 g/mol. The van der Waals surface area contributed by atoms with E-state index in [9.17, 15) is 38.4 Å². The van der Waals surface area contributed by atoms with Crippen molar-refractivity contribution >= 4 is 52.9 Å². The van der Waals surface area contributed by atoms with Crippen LogP contribution in [0, 0.1) is 35.0 Å². The van der Waals surface area contributed by atoms with Gasteiger partial charge in [-0.15, -0.1) is 0 Å². The van der Waals surface area contributed by atoms with Crippen LogP contribution in [0.1, 0.15) is 147 Å². The summed E-state index contributed by atoms with van der Waals surface area (Å²) in [4.78, 5) is 112. The summed E-state index contributed by atoms with van der Waals surface area (Å²) in [6.07, 6.45) is 2.26. The first kappa shape index (κ1) is 66.9. The molecule has 0 aromatic heterocycles. The second kappa shape index (κ2) is 30.6. The van der Waals surface area contributed by atoms with Crippen LogP contribution in [-0.2, 0) is 69.7 Å². The number of likely N-dealkylation sites (N-methyl/N-ethyl adjacent to an activating group) is 2. The fourth-order valence-electron chi connectivity index (χ4n) is 10.5. The van der Waals surface area contributed by atoms with Gasteiger partial charge in [0.25, 0.3) is 0 Å². The second-order valence-electron chi connectivity index (χ2n) is 24.7. The Morgan fingerprint density at radius 2 is 1.38 bits per heavy atom. The number of urea groups is 1. The lowest BCUT2D eigenvalue weighted by molar-refractivity contribution is -0.144. The lowest BCUT2D eigenvalue weighted by Crippen LogP contribution is -2.61. The quantitative estimate of drug-likeness (QED) is 0.0157. The Balaban J connectivity index is 1.18. The van der Waals surface area contributed by atoms with Crippen molar-refractivity contribution in [3.05, 3.63) is 148 Å². The Labute approximate surface area is 497 Å². The van der Waals surface area contributed by atoms with E-state index in [4.69, 9.17) is 10.5 Å². The van der Waals surface area contributed by atoms with Crippen LogP contribution in [0.3, 0.4) is 0 Å². The molecule has 1 heterocycles. The molecule has 1 aliphatic heterocycles. The van der Waals surface area contributed by atoms with Crippen molar-refractivity contribution in [2.45, 2.75) is 164 Å². The van der Waals surface area contributed by atoms with E-state index in [2.05, 4.69) is 53.0 Å². The van der Waals surface area contributed by atoms with Gasteiger partial charge in [0.15, 0.2) is 5.78 Å². The molecule has 6 amide bonds. The summed E-state index contributed by atoms with van der Waals surface area (Å²) in [5, 5.41) is 11.7. The molecule has 84 heavy (non-hydrogen) atoms. The minimum atomic E-state index is -0.950. The standard InChI is InChI=1S/C68H89N7O9/c1-43(2)36-57(45(5)6)74(13)65(82)62(67(7,8)9)73-64(81)61(70-12)68(10,11)52-24-18-20-48(37-52)39-60(79)84-42-47-29-27-46(28-30-47)38-58(77)55(25-19-35-71-66(69)83)72-63(80)54(44(3)4)40-53(76)33-34-59(78)75-41-51-23-15-14-21-49(51)31-32-50-22-16-17-26-56(50)75/h14-18,20-24,26-30,36-37,44-45,54-55,57,61-62,70H,19,25,33-35,38-42H2,1-13H3,(H,72,80)(H,73,81)(H3,69,71,83)/t54-,55-,57+,61+,62+/m0/s1. The number of nitrogens with one attached hydrogen (secondary N) is 4. The number of amides is 6. The van der Waals surface area contributed by atoms with E-state index in [-0.39, 0.29) is 105 Å². The highest BCUT2D eigenvalue weighted by Crippen LogP contribution is 2.31. The molecule has 5 rings (SSSR count). The van der Waals surface area contributed by atoms with Crippen LogP contribution in [0.2, 0.25) is 0 Å². The third-order valence-electron chi connectivity index (χ3n) is 15.5. The van der Waals surface area contributed by atoms with Gasteiger partial charge in [0, 0.05) is 61.7 Å². The number of rotatable bonds is 28. The molecule has 1 aliphatic rings. The molecule has 0 unspecified atom stereocenters. The number of carbonyl (C=O) groups is 8. The minimum Gasteiger partial charge on any atom is -0.461 e. The zero-order chi connectivity index (χ0) is 62.1. The number of esters is 1. The monoisotopic (exact) mass is 1150 g/mol. The number of allylic oxidation sites excluding steroid dienone is 1. The van der Waals surface area contributed by atoms with E-state index in [1.807, 2.05) is 135 Å². The van der Waals surface area contributed by atoms with E-state index in [1.165, 1.54) is 0 Å². The molecule has 4 aromatic rings. The van der Waals surface area contributed by atoms with Crippen molar-refractivity contribution in [3.8, 4) is 11.8 Å². The maximum Gasteiger partial charge on any atom is 0.312 e. The number of para-hydroxylation sites is 1. The summed E-state index contributed by atoms with van der Waals surface area (Å²) in [5.74, 6) is 3.27. The van der Waals surface area contributed by atoms with Gasteiger partial charge >= 0.3 is 12.0 Å². The molecule has 0 saturated carbocycles. The fourth-order valence-corrected chi connectivity index (χ4v) is 10.5. The van der Waals surface area contributed by atoms with Gasteiger partial charge < -0.3 is 41.5 Å². The van der Waals surface area contributed by atoms with Crippen LogP contribution in [0.5, 0.6) is 0 Å². The molecule has 0 aliphatic carbocycles. The van der Waals surface area contributed by atoms with Crippen LogP contribution in [0.4, 0.5) is 10.5 Å². The van der Waals surface area contributed by atoms with Crippen LogP contribution in [-0.4, -0.2) is 96.9 Å². The number of carbonyl (C=O) groups excluding carboxylic acids is 8. The fraction of sp³-hybridized carbons (Fsp3) is 0.471. The number of hydrogen-bond donors (Lipinski definition) is 5. The maximum atomic E-state index is 14.2. The molecule has 450 valence electrons. The van der Waals surface area contributed by atoms with Crippen molar-refractivity contribution < 1.29 is 43.1 Å². The molecule has 16 heteroatoms. The normalized spacial score (nSPS) is 13.9. The minimum absolute atomic E-state index is 0.0275. The molecule has 0 spiro atoms. The third-order valence-corrected chi connectivity index (χ3v) is 15.5. The van der Waals surface area contributed by atoms with Crippen molar-refractivity contribution in [2.75, 3.05) is 25.5 Å². The van der Waals surface area contributed by atoms with Gasteiger partial charge in [-0.25, -0.2) is 4.79 Å². The summed E-state index contributed by atoms with van der Waals surface area (Å²) in [6.45, 7) is 22.0. The van der Waals surface area contributed by atoms with E-state index in [1.54, 1.807) is 48.2 Å². The maximum absolute atomic E-state index is 14.2. The number of fused-ring (bicyclic) bond motifs is 2. The molecular formula is C68H89N7O9. The second-order valence-corrected chi connectivity index (χ2v) is 24.7. The van der Waals surface area contributed by atoms with Gasteiger partial charge in [-0.05, 0) is 97.0 Å². The van der Waals surface area contributed by atoms with Crippen molar-refractivity contribution in [1.29, 1.82) is 0 Å². The third kappa shape index (κ3) is 19.1. The van der Waals surface area contributed by atoms with Crippen LogP contribution in [0.15, 0.2) is 109 Å². The average Bonchev–Trinajstić information content (AvgIpc) is 2.86. The molecule has 0 saturated heterocycles. The summed E-state index contributed by atoms with van der Waals surface area (Å²) in [5.41, 5.74) is 10.9. The number of anilines is 1. The van der Waals surface area contributed by atoms with Crippen LogP contribution < -0.4 is 31.9 Å². The zero-order valence-corrected chi connectivity index (χ0v) is 51.6. The van der Waals surface area contributed by atoms with E-state index in [0.717, 1.165) is 22.3 Å². The Hall–Kier alpha value is -7.90. The van der Waals surface area contributed by atoms with Gasteiger partial charge in [0.2, 0.25) is 23.6 Å². The highest BCUT2D eigenvalue weighted by atomic mass is 16.5. The summed E-state index contributed by atoms with van der Waals surface area (Å²) in [6, 6.07) is 26.2. The van der Waals surface area contributed by atoms with Gasteiger partial charge in [0.1, 0.15) is 18.4 Å². The smallest absolute Gasteiger partial charge is 0.312 e. The highest BCUT2D eigenvalue weighted by molar-refractivity contribution is 5.98. The van der Waals surface area contributed by atoms with Crippen LogP contribution >= 0.6 is 0 Å². The first-order chi connectivity index (χ1) is 39.6. The van der Waals surface area contributed by atoms with Gasteiger partial charge in [-0.1, -0.05) is 165 Å². The summed E-state index contributed by atoms with van der Waals surface area (Å²) in [7, 11) is 3.50. The van der Waals surface area contributed by atoms with Crippen LogP contribution in [0.25, 0.3) is 0 Å². The summed E-state index contributed by atoms with van der Waals surface area (Å²) < 4.78 is 5.71. The number of benzene rings is 4. The number of primary amides is 1. The number of hydrogen-bond acceptors (Lipinski definition) is 10. The van der Waals surface area contributed by atoms with Crippen molar-refractivity contribution in [2.24, 2.45) is 28.9 Å². The number of ketones is 2.